The summed E-state index contributed by atoms with van der Waals surface area (Å²) in [7, 11) is 0. The molecule has 30 heavy (non-hydrogen) atoms. The molecule has 0 bridgehead atoms. The third-order valence-corrected chi connectivity index (χ3v) is 5.12. The minimum Gasteiger partial charge on any atom is -0.480 e. The standard InChI is InChI=1S/C20H27N5O4S/c1-30-8-7-16(24-18(26)15(21)9-13-5-3-2-4-6-13)19(27)25-17(20(28)29)10-14-11-22-12-23-14/h2-6,11-12,15-17H,7-10,21H2,1H3,(H,22,23)(H,24,26)(H,25,27)(H,28,29). The van der Waals surface area contributed by atoms with Crippen LogP contribution in [0.15, 0.2) is 42.9 Å². The van der Waals surface area contributed by atoms with Crippen LogP contribution in [0.3, 0.4) is 0 Å². The van der Waals surface area contributed by atoms with E-state index in [1.807, 2.05) is 36.6 Å². The molecule has 0 fully saturated rings. The number of nitrogens with two attached hydrogens (primary N) is 1. The number of aromatic amines is 1. The number of carboxylic acids is 1. The molecule has 2 aromatic rings. The predicted molar refractivity (Wildman–Crippen MR) is 115 cm³/mol. The summed E-state index contributed by atoms with van der Waals surface area (Å²) in [5.74, 6) is -1.57. The number of nitrogens with one attached hydrogen (secondary N) is 3. The number of amides is 2. The topological polar surface area (TPSA) is 150 Å². The molecule has 3 atom stereocenters. The Kier molecular flexibility index (Phi) is 9.36. The minimum atomic E-state index is -1.17. The van der Waals surface area contributed by atoms with Crippen molar-refractivity contribution >= 4 is 29.5 Å². The maximum Gasteiger partial charge on any atom is 0.326 e. The fraction of sp³-hybridized carbons (Fsp3) is 0.400. The lowest BCUT2D eigenvalue weighted by atomic mass is 10.1. The van der Waals surface area contributed by atoms with Crippen molar-refractivity contribution in [1.29, 1.82) is 0 Å². The van der Waals surface area contributed by atoms with Gasteiger partial charge in [0.25, 0.3) is 0 Å². The Bertz CT molecular complexity index is 816. The first-order valence-corrected chi connectivity index (χ1v) is 10.9. The van der Waals surface area contributed by atoms with E-state index < -0.39 is 35.9 Å². The number of carbonyl (C=O) groups is 3. The van der Waals surface area contributed by atoms with Gasteiger partial charge in [0, 0.05) is 18.3 Å². The van der Waals surface area contributed by atoms with Gasteiger partial charge in [0.05, 0.1) is 12.4 Å². The highest BCUT2D eigenvalue weighted by atomic mass is 32.2. The van der Waals surface area contributed by atoms with Crippen LogP contribution in [0.5, 0.6) is 0 Å². The molecule has 10 heteroatoms. The molecule has 2 rings (SSSR count). The van der Waals surface area contributed by atoms with Crippen molar-refractivity contribution in [3.63, 3.8) is 0 Å². The molecule has 0 saturated carbocycles. The highest BCUT2D eigenvalue weighted by molar-refractivity contribution is 7.98. The molecule has 0 saturated heterocycles. The van der Waals surface area contributed by atoms with Crippen molar-refractivity contribution in [2.45, 2.75) is 37.4 Å². The van der Waals surface area contributed by atoms with E-state index in [4.69, 9.17) is 5.73 Å². The minimum absolute atomic E-state index is 0.0534. The Labute approximate surface area is 179 Å². The summed E-state index contributed by atoms with van der Waals surface area (Å²) in [5, 5.41) is 14.6. The van der Waals surface area contributed by atoms with Gasteiger partial charge in [0.2, 0.25) is 11.8 Å². The second kappa shape index (κ2) is 12.0. The van der Waals surface area contributed by atoms with Gasteiger partial charge in [-0.1, -0.05) is 30.3 Å². The lowest BCUT2D eigenvalue weighted by Gasteiger charge is -2.22. The Morgan fingerprint density at radius 2 is 1.83 bits per heavy atom. The predicted octanol–water partition coefficient (Wildman–Crippen LogP) is 0.330. The van der Waals surface area contributed by atoms with Gasteiger partial charge < -0.3 is 26.5 Å². The molecule has 0 aliphatic heterocycles. The molecular weight excluding hydrogens is 406 g/mol. The third kappa shape index (κ3) is 7.53. The number of hydrogen-bond donors (Lipinski definition) is 5. The molecule has 0 spiro atoms. The van der Waals surface area contributed by atoms with Crippen molar-refractivity contribution in [2.75, 3.05) is 12.0 Å². The number of thioether (sulfide) groups is 1. The Balaban J connectivity index is 2.00. The number of imidazole rings is 1. The van der Waals surface area contributed by atoms with Crippen molar-refractivity contribution in [2.24, 2.45) is 5.73 Å². The summed E-state index contributed by atoms with van der Waals surface area (Å²) in [5.41, 5.74) is 7.51. The van der Waals surface area contributed by atoms with E-state index in [0.29, 0.717) is 24.3 Å². The first kappa shape index (κ1) is 23.4. The van der Waals surface area contributed by atoms with Crippen molar-refractivity contribution in [3.05, 3.63) is 54.1 Å². The summed E-state index contributed by atoms with van der Waals surface area (Å²) < 4.78 is 0. The van der Waals surface area contributed by atoms with Gasteiger partial charge in [0.1, 0.15) is 12.1 Å². The van der Waals surface area contributed by atoms with E-state index in [9.17, 15) is 19.5 Å². The number of H-pyrrole nitrogens is 1. The van der Waals surface area contributed by atoms with Gasteiger partial charge in [-0.2, -0.15) is 11.8 Å². The van der Waals surface area contributed by atoms with Crippen LogP contribution < -0.4 is 16.4 Å². The number of carboxylic acid groups (broad SMARTS) is 1. The van der Waals surface area contributed by atoms with Crippen molar-refractivity contribution in [3.8, 4) is 0 Å². The first-order valence-electron chi connectivity index (χ1n) is 9.50. The molecule has 0 aliphatic rings. The molecule has 6 N–H and O–H groups in total. The van der Waals surface area contributed by atoms with Crippen LogP contribution in [0.4, 0.5) is 0 Å². The molecule has 0 aliphatic carbocycles. The van der Waals surface area contributed by atoms with E-state index in [1.165, 1.54) is 24.3 Å². The van der Waals surface area contributed by atoms with Crippen LogP contribution in [-0.4, -0.2) is 63.0 Å². The molecular formula is C20H27N5O4S. The molecule has 3 unspecified atom stereocenters. The molecule has 0 radical (unpaired) electrons. The zero-order chi connectivity index (χ0) is 21.9. The molecule has 1 heterocycles. The number of benzene rings is 1. The van der Waals surface area contributed by atoms with E-state index in [1.54, 1.807) is 0 Å². The number of hydrogen-bond acceptors (Lipinski definition) is 6. The van der Waals surface area contributed by atoms with Crippen LogP contribution in [0.2, 0.25) is 0 Å². The smallest absolute Gasteiger partial charge is 0.326 e. The van der Waals surface area contributed by atoms with Crippen LogP contribution in [-0.2, 0) is 27.2 Å². The van der Waals surface area contributed by atoms with Gasteiger partial charge in [-0.15, -0.1) is 0 Å². The molecule has 2 amide bonds. The Morgan fingerprint density at radius 3 is 2.43 bits per heavy atom. The van der Waals surface area contributed by atoms with E-state index in [0.717, 1.165) is 5.56 Å². The molecule has 9 nitrogen and oxygen atoms in total. The monoisotopic (exact) mass is 433 g/mol. The number of nitrogens with zero attached hydrogens (tertiary/aromatic N) is 1. The SMILES string of the molecule is CSCCC(NC(=O)C(N)Cc1ccccc1)C(=O)NC(Cc1cnc[nH]1)C(=O)O. The molecule has 162 valence electrons. The highest BCUT2D eigenvalue weighted by Gasteiger charge is 2.28. The highest BCUT2D eigenvalue weighted by Crippen LogP contribution is 2.06. The number of aromatic nitrogens is 2. The van der Waals surface area contributed by atoms with Gasteiger partial charge in [-0.05, 0) is 30.4 Å². The van der Waals surface area contributed by atoms with Crippen LogP contribution in [0, 0.1) is 0 Å². The van der Waals surface area contributed by atoms with Gasteiger partial charge >= 0.3 is 5.97 Å². The quantitative estimate of drug-likeness (QED) is 0.324. The molecule has 1 aromatic heterocycles. The lowest BCUT2D eigenvalue weighted by molar-refractivity contribution is -0.142. The maximum absolute atomic E-state index is 12.7. The summed E-state index contributed by atoms with van der Waals surface area (Å²) in [6.07, 6.45) is 5.56. The van der Waals surface area contributed by atoms with Gasteiger partial charge in [-0.3, -0.25) is 9.59 Å². The van der Waals surface area contributed by atoms with Gasteiger partial charge in [0.15, 0.2) is 0 Å². The normalized spacial score (nSPS) is 13.8. The van der Waals surface area contributed by atoms with Crippen LogP contribution >= 0.6 is 11.8 Å². The third-order valence-electron chi connectivity index (χ3n) is 4.47. The van der Waals surface area contributed by atoms with Crippen molar-refractivity contribution in [1.82, 2.24) is 20.6 Å². The van der Waals surface area contributed by atoms with E-state index in [2.05, 4.69) is 20.6 Å². The summed E-state index contributed by atoms with van der Waals surface area (Å²) in [4.78, 5) is 43.5. The Hall–Kier alpha value is -2.85. The average molecular weight is 434 g/mol. The second-order valence-electron chi connectivity index (χ2n) is 6.82. The van der Waals surface area contributed by atoms with E-state index in [-0.39, 0.29) is 6.42 Å². The number of aliphatic carboxylic acids is 1. The zero-order valence-electron chi connectivity index (χ0n) is 16.7. The number of rotatable bonds is 12. The zero-order valence-corrected chi connectivity index (χ0v) is 17.5. The summed E-state index contributed by atoms with van der Waals surface area (Å²) in [6.45, 7) is 0. The van der Waals surface area contributed by atoms with Crippen LogP contribution in [0.1, 0.15) is 17.7 Å². The first-order chi connectivity index (χ1) is 14.4. The summed E-state index contributed by atoms with van der Waals surface area (Å²) >= 11 is 1.52. The lowest BCUT2D eigenvalue weighted by Crippen LogP contribution is -2.55. The van der Waals surface area contributed by atoms with Crippen LogP contribution in [0.25, 0.3) is 0 Å². The average Bonchev–Trinajstić information content (AvgIpc) is 3.24. The number of carbonyl (C=O) groups excluding carboxylic acids is 2. The second-order valence-corrected chi connectivity index (χ2v) is 7.80. The fourth-order valence-electron chi connectivity index (χ4n) is 2.83. The van der Waals surface area contributed by atoms with E-state index >= 15 is 0 Å². The summed E-state index contributed by atoms with van der Waals surface area (Å²) in [6, 6.07) is 6.49. The van der Waals surface area contributed by atoms with Gasteiger partial charge in [-0.25, -0.2) is 9.78 Å². The molecule has 1 aromatic carbocycles. The fourth-order valence-corrected chi connectivity index (χ4v) is 3.30. The Morgan fingerprint density at radius 1 is 1.13 bits per heavy atom. The van der Waals surface area contributed by atoms with Crippen molar-refractivity contribution < 1.29 is 19.5 Å². The largest absolute Gasteiger partial charge is 0.480 e. The maximum atomic E-state index is 12.7.